The number of cyclic esters (lactones) is 2. The van der Waals surface area contributed by atoms with E-state index in [9.17, 15) is 32.1 Å². The Morgan fingerprint density at radius 3 is 1.97 bits per heavy atom. The van der Waals surface area contributed by atoms with Crippen LogP contribution in [0.4, 0.5) is 17.7 Å². The van der Waals surface area contributed by atoms with Gasteiger partial charge in [-0.05, 0) is 11.6 Å². The Labute approximate surface area is 177 Å². The summed E-state index contributed by atoms with van der Waals surface area (Å²) < 4.78 is 52.7. The lowest BCUT2D eigenvalue weighted by Crippen LogP contribution is -2.02. The zero-order valence-electron chi connectivity index (χ0n) is 13.1. The Hall–Kier alpha value is -2.27. The number of benzene rings is 2. The number of fused-ring (bicyclic) bond motifs is 1. The predicted octanol–water partition coefficient (Wildman–Crippen LogP) is 5.41. The lowest BCUT2D eigenvalue weighted by molar-refractivity contribution is -0.0162. The topological polar surface area (TPSA) is 89.9 Å². The van der Waals surface area contributed by atoms with Crippen molar-refractivity contribution >= 4 is 63.6 Å². The van der Waals surface area contributed by atoms with E-state index < -0.39 is 46.1 Å². The zero-order valence-corrected chi connectivity index (χ0v) is 16.1. The van der Waals surface area contributed by atoms with Crippen molar-refractivity contribution in [3.05, 3.63) is 55.3 Å². The molecule has 0 aromatic heterocycles. The van der Waals surface area contributed by atoms with Crippen molar-refractivity contribution in [1.29, 1.82) is 0 Å². The van der Waals surface area contributed by atoms with Crippen molar-refractivity contribution in [2.24, 2.45) is 0 Å². The number of carbonyl (C=O) groups is 3. The van der Waals surface area contributed by atoms with Gasteiger partial charge in [0.2, 0.25) is 17.4 Å². The van der Waals surface area contributed by atoms with Crippen molar-refractivity contribution in [2.45, 2.75) is 0 Å². The monoisotopic (exact) mass is 494 g/mol. The average molecular weight is 496 g/mol. The van der Waals surface area contributed by atoms with Gasteiger partial charge in [0, 0.05) is 10.6 Å². The minimum absolute atomic E-state index is 0.202. The normalized spacial score (nSPS) is 12.1. The van der Waals surface area contributed by atoms with Crippen molar-refractivity contribution in [1.82, 2.24) is 0 Å². The maximum atomic E-state index is 12.4. The van der Waals surface area contributed by atoms with Crippen LogP contribution in [0.5, 0.6) is 11.5 Å². The molecule has 0 spiro atoms. The molecular formula is C15H2Cl4F4O6. The van der Waals surface area contributed by atoms with Crippen LogP contribution in [-0.2, 0) is 4.74 Å². The number of phenolic OH excluding ortho intramolecular Hbond substituents is 1. The molecule has 1 N–H and O–H groups in total. The molecule has 0 bridgehead atoms. The summed E-state index contributed by atoms with van der Waals surface area (Å²) in [4.78, 5) is 36.5. The molecule has 2 aromatic carbocycles. The number of aromatic hydroxyl groups is 1. The molecule has 0 aliphatic carbocycles. The van der Waals surface area contributed by atoms with Crippen LogP contribution in [0.25, 0.3) is 0 Å². The number of hydrogen-bond acceptors (Lipinski definition) is 6. The fourth-order valence-corrected chi connectivity index (χ4v) is 3.27. The molecule has 29 heavy (non-hydrogen) atoms. The van der Waals surface area contributed by atoms with Gasteiger partial charge in [-0.3, -0.25) is 9.74 Å². The van der Waals surface area contributed by atoms with Gasteiger partial charge in [0.25, 0.3) is 5.24 Å². The van der Waals surface area contributed by atoms with E-state index in [4.69, 9.17) is 51.5 Å². The fraction of sp³-hybridized carbons (Fsp3) is 0. The Bertz CT molecular complexity index is 1080. The van der Waals surface area contributed by atoms with Gasteiger partial charge in [-0.15, -0.1) is 0 Å². The highest BCUT2D eigenvalue weighted by atomic mass is 35.5. The number of phenols is 1. The maximum Gasteiger partial charge on any atom is 0.348 e. The quantitative estimate of drug-likeness (QED) is 0.197. The fourth-order valence-electron chi connectivity index (χ4n) is 2.04. The first kappa shape index (κ1) is 23.0. The molecule has 2 aromatic rings. The smallest absolute Gasteiger partial charge is 0.348 e. The lowest BCUT2D eigenvalue weighted by atomic mass is 10.1. The van der Waals surface area contributed by atoms with E-state index in [1.165, 1.54) is 0 Å². The second-order valence-corrected chi connectivity index (χ2v) is 6.41. The van der Waals surface area contributed by atoms with Crippen LogP contribution in [0, 0.1) is 17.5 Å². The number of esters is 2. The van der Waals surface area contributed by atoms with Crippen LogP contribution >= 0.6 is 46.4 Å². The van der Waals surface area contributed by atoms with Crippen LogP contribution in [0.3, 0.4) is 0 Å². The SMILES string of the molecule is O=C(Cl)c1c(Cl)c(Cl)c2c(c1Cl)C(=O)OC2=O.Oc1cc(F)c(OF)c(F)c1F. The van der Waals surface area contributed by atoms with Crippen LogP contribution in [0.15, 0.2) is 6.07 Å². The average Bonchev–Trinajstić information content (AvgIpc) is 2.93. The Morgan fingerprint density at radius 2 is 1.48 bits per heavy atom. The van der Waals surface area contributed by atoms with Crippen LogP contribution in [0.2, 0.25) is 15.1 Å². The maximum absolute atomic E-state index is 12.4. The van der Waals surface area contributed by atoms with Gasteiger partial charge in [0.1, 0.15) is 0 Å². The van der Waals surface area contributed by atoms with Crippen molar-refractivity contribution < 1.29 is 46.9 Å². The predicted molar refractivity (Wildman–Crippen MR) is 91.1 cm³/mol. The summed E-state index contributed by atoms with van der Waals surface area (Å²) in [6.45, 7) is 0. The third kappa shape index (κ3) is 4.06. The molecule has 6 nitrogen and oxygen atoms in total. The molecular weight excluding hydrogens is 494 g/mol. The number of rotatable bonds is 2. The molecule has 1 aliphatic rings. The molecule has 0 saturated heterocycles. The van der Waals surface area contributed by atoms with E-state index in [2.05, 4.69) is 9.68 Å². The van der Waals surface area contributed by atoms with Gasteiger partial charge in [-0.25, -0.2) is 14.0 Å². The van der Waals surface area contributed by atoms with E-state index >= 15 is 0 Å². The summed E-state index contributed by atoms with van der Waals surface area (Å²) in [7, 11) is 0. The van der Waals surface area contributed by atoms with Crippen LogP contribution in [-0.4, -0.2) is 22.3 Å². The van der Waals surface area contributed by atoms with E-state index in [0.717, 1.165) is 0 Å². The van der Waals surface area contributed by atoms with Gasteiger partial charge in [0.15, 0.2) is 11.6 Å². The third-order valence-corrected chi connectivity index (χ3v) is 4.70. The first-order chi connectivity index (χ1) is 13.4. The second-order valence-electron chi connectivity index (χ2n) is 4.93. The highest BCUT2D eigenvalue weighted by Gasteiger charge is 2.38. The summed E-state index contributed by atoms with van der Waals surface area (Å²) in [6, 6.07) is 0.202. The van der Waals surface area contributed by atoms with Gasteiger partial charge < -0.3 is 9.84 Å². The van der Waals surface area contributed by atoms with Gasteiger partial charge in [-0.1, -0.05) is 34.8 Å². The van der Waals surface area contributed by atoms with Crippen molar-refractivity contribution in [3.63, 3.8) is 0 Å². The van der Waals surface area contributed by atoms with E-state index in [1.807, 2.05) is 0 Å². The molecule has 0 saturated carbocycles. The number of ether oxygens (including phenoxy) is 1. The minimum Gasteiger partial charge on any atom is -0.505 e. The van der Waals surface area contributed by atoms with E-state index in [-0.39, 0.29) is 37.8 Å². The summed E-state index contributed by atoms with van der Waals surface area (Å²) >= 11 is 22.6. The number of hydrogen-bond donors (Lipinski definition) is 1. The van der Waals surface area contributed by atoms with Gasteiger partial charge in [0.05, 0.1) is 31.8 Å². The highest BCUT2D eigenvalue weighted by Crippen LogP contribution is 2.42. The third-order valence-electron chi connectivity index (χ3n) is 3.29. The number of halogens is 8. The zero-order chi connectivity index (χ0) is 22.2. The Kier molecular flexibility index (Phi) is 6.84. The highest BCUT2D eigenvalue weighted by molar-refractivity contribution is 6.70. The molecule has 1 aliphatic heterocycles. The Morgan fingerprint density at radius 1 is 0.966 bits per heavy atom. The Balaban J connectivity index is 0.000000221. The largest absolute Gasteiger partial charge is 0.505 e. The first-order valence-corrected chi connectivity index (χ1v) is 8.26. The first-order valence-electron chi connectivity index (χ1n) is 6.75. The summed E-state index contributed by atoms with van der Waals surface area (Å²) in [5, 5.41) is 6.56. The van der Waals surface area contributed by atoms with Crippen LogP contribution < -0.4 is 4.94 Å². The lowest BCUT2D eigenvalue weighted by Gasteiger charge is -2.07. The van der Waals surface area contributed by atoms with E-state index in [1.54, 1.807) is 0 Å². The summed E-state index contributed by atoms with van der Waals surface area (Å²) in [5.74, 6) is -9.90. The van der Waals surface area contributed by atoms with Crippen LogP contribution in [0.1, 0.15) is 31.1 Å². The van der Waals surface area contributed by atoms with Crippen molar-refractivity contribution in [3.8, 4) is 11.5 Å². The molecule has 0 atom stereocenters. The molecule has 0 fully saturated rings. The van der Waals surface area contributed by atoms with E-state index in [0.29, 0.717) is 0 Å². The molecule has 0 unspecified atom stereocenters. The second kappa shape index (κ2) is 8.62. The minimum atomic E-state index is -1.91. The molecule has 0 amide bonds. The van der Waals surface area contributed by atoms with Crippen molar-refractivity contribution in [2.75, 3.05) is 0 Å². The number of carbonyl (C=O) groups excluding carboxylic acids is 3. The van der Waals surface area contributed by atoms with Gasteiger partial charge >= 0.3 is 11.9 Å². The van der Waals surface area contributed by atoms with Gasteiger partial charge in [-0.2, -0.15) is 8.78 Å². The standard InChI is InChI=1S/C9Cl4O4.C6H2F4O2/c10-4-1-2(9(16)17-8(1)15)5(11)6(12)3(4)7(13)14;7-2-1-3(11)4(8)5(9)6(2)12-10/h;1,11H. The molecule has 154 valence electrons. The molecule has 3 rings (SSSR count). The molecule has 0 radical (unpaired) electrons. The molecule has 14 heteroatoms. The summed E-state index contributed by atoms with van der Waals surface area (Å²) in [5.41, 5.74) is -0.881. The molecule has 1 heterocycles. The summed E-state index contributed by atoms with van der Waals surface area (Å²) in [6.07, 6.45) is 0.